The van der Waals surface area contributed by atoms with E-state index in [1.807, 2.05) is 27.7 Å². The zero-order valence-corrected chi connectivity index (χ0v) is 14.2. The maximum absolute atomic E-state index is 12.2. The fourth-order valence-corrected chi connectivity index (χ4v) is 2.84. The number of nitrogens with zero attached hydrogens (tertiary/aromatic N) is 2. The Hall–Kier alpha value is -1.20. The molecule has 21 heavy (non-hydrogen) atoms. The summed E-state index contributed by atoms with van der Waals surface area (Å²) in [4.78, 5) is 13.9. The molecule has 0 saturated heterocycles. The second kappa shape index (κ2) is 5.89. The molecule has 1 aliphatic rings. The molecule has 1 aliphatic heterocycles. The summed E-state index contributed by atoms with van der Waals surface area (Å²) < 4.78 is 15.7. The van der Waals surface area contributed by atoms with Gasteiger partial charge in [-0.15, -0.1) is 0 Å². The number of amides is 1. The van der Waals surface area contributed by atoms with Gasteiger partial charge in [-0.1, -0.05) is 11.6 Å². The van der Waals surface area contributed by atoms with Crippen molar-refractivity contribution in [1.82, 2.24) is 4.90 Å². The summed E-state index contributed by atoms with van der Waals surface area (Å²) >= 11 is 6.08. The topological polar surface area (TPSA) is 49.7 Å². The van der Waals surface area contributed by atoms with Crippen molar-refractivity contribution in [2.24, 2.45) is 4.40 Å². The Labute approximate surface area is 132 Å². The van der Waals surface area contributed by atoms with Gasteiger partial charge in [0.25, 0.3) is 5.91 Å². The van der Waals surface area contributed by atoms with Crippen LogP contribution in [-0.4, -0.2) is 32.5 Å². The highest BCUT2D eigenvalue weighted by atomic mass is 35.5. The van der Waals surface area contributed by atoms with Crippen molar-refractivity contribution in [3.05, 3.63) is 33.8 Å². The minimum atomic E-state index is -1.33. The van der Waals surface area contributed by atoms with Crippen LogP contribution in [0.5, 0.6) is 0 Å². The first-order chi connectivity index (χ1) is 9.74. The molecule has 1 amide bonds. The number of benzene rings is 1. The van der Waals surface area contributed by atoms with E-state index in [0.717, 1.165) is 11.1 Å². The van der Waals surface area contributed by atoms with Crippen molar-refractivity contribution in [1.29, 1.82) is 0 Å². The van der Waals surface area contributed by atoms with Gasteiger partial charge in [0.1, 0.15) is 11.0 Å². The van der Waals surface area contributed by atoms with Gasteiger partial charge >= 0.3 is 0 Å². The second-order valence-corrected chi connectivity index (χ2v) is 8.31. The maximum Gasteiger partial charge on any atom is 0.254 e. The normalized spacial score (nSPS) is 16.6. The fourth-order valence-electron chi connectivity index (χ4n) is 2.09. The van der Waals surface area contributed by atoms with Crippen molar-refractivity contribution in [3.8, 4) is 0 Å². The maximum atomic E-state index is 12.2. The molecule has 1 atom stereocenters. The van der Waals surface area contributed by atoms with E-state index in [1.54, 1.807) is 23.2 Å². The van der Waals surface area contributed by atoms with Crippen LogP contribution in [0.4, 0.5) is 0 Å². The summed E-state index contributed by atoms with van der Waals surface area (Å²) in [6, 6.07) is 3.45. The molecule has 4 nitrogen and oxygen atoms in total. The van der Waals surface area contributed by atoms with Crippen molar-refractivity contribution in [3.63, 3.8) is 0 Å². The molecule has 0 unspecified atom stereocenters. The third-order valence-electron chi connectivity index (χ3n) is 3.31. The van der Waals surface area contributed by atoms with Crippen LogP contribution in [0.25, 0.3) is 0 Å². The molecule has 0 aromatic heterocycles. The van der Waals surface area contributed by atoms with Crippen LogP contribution in [0.2, 0.25) is 5.02 Å². The van der Waals surface area contributed by atoms with Gasteiger partial charge in [-0.3, -0.25) is 4.79 Å². The zero-order chi connectivity index (χ0) is 15.8. The lowest BCUT2D eigenvalue weighted by molar-refractivity contribution is 0.0787. The molecular weight excluding hydrogens is 308 g/mol. The largest absolute Gasteiger partial charge is 0.335 e. The summed E-state index contributed by atoms with van der Waals surface area (Å²) in [5.74, 6) is -0.0124. The minimum absolute atomic E-state index is 0.0124. The number of fused-ring (bicyclic) bond motifs is 1. The van der Waals surface area contributed by atoms with Crippen molar-refractivity contribution in [2.75, 3.05) is 6.54 Å². The van der Waals surface area contributed by atoms with E-state index >= 15 is 0 Å². The smallest absolute Gasteiger partial charge is 0.254 e. The van der Waals surface area contributed by atoms with Gasteiger partial charge < -0.3 is 4.90 Å². The molecule has 0 saturated carbocycles. The van der Waals surface area contributed by atoms with Gasteiger partial charge in [0.15, 0.2) is 0 Å². The predicted octanol–water partition coefficient (Wildman–Crippen LogP) is 3.20. The van der Waals surface area contributed by atoms with Gasteiger partial charge in [0.05, 0.1) is 4.75 Å². The van der Waals surface area contributed by atoms with Crippen LogP contribution in [0.1, 0.15) is 49.2 Å². The van der Waals surface area contributed by atoms with E-state index in [2.05, 4.69) is 4.40 Å². The Morgan fingerprint density at radius 3 is 2.67 bits per heavy atom. The summed E-state index contributed by atoms with van der Waals surface area (Å²) in [5, 5.41) is 0.489. The SMILES string of the molecule is CCN1Cc2c(/C=N/[S@@](=O)C(C)(C)C)cc(Cl)cc2C1=O. The Morgan fingerprint density at radius 2 is 2.10 bits per heavy atom. The monoisotopic (exact) mass is 326 g/mol. The fraction of sp³-hybridized carbons (Fsp3) is 0.467. The van der Waals surface area contributed by atoms with E-state index < -0.39 is 15.7 Å². The van der Waals surface area contributed by atoms with Crippen LogP contribution in [0.3, 0.4) is 0 Å². The van der Waals surface area contributed by atoms with Gasteiger partial charge in [0, 0.05) is 35.5 Å². The minimum Gasteiger partial charge on any atom is -0.335 e. The lowest BCUT2D eigenvalue weighted by atomic mass is 10.0. The Morgan fingerprint density at radius 1 is 1.43 bits per heavy atom. The molecule has 0 bridgehead atoms. The summed E-state index contributed by atoms with van der Waals surface area (Å²) in [6.45, 7) is 8.73. The van der Waals surface area contributed by atoms with Crippen LogP contribution in [-0.2, 0) is 17.5 Å². The van der Waals surface area contributed by atoms with Crippen LogP contribution in [0, 0.1) is 0 Å². The van der Waals surface area contributed by atoms with E-state index in [-0.39, 0.29) is 5.91 Å². The highest BCUT2D eigenvalue weighted by Crippen LogP contribution is 2.28. The molecule has 0 aliphatic carbocycles. The number of halogens is 1. The molecule has 2 rings (SSSR count). The molecule has 0 radical (unpaired) electrons. The van der Waals surface area contributed by atoms with Crippen LogP contribution < -0.4 is 0 Å². The lowest BCUT2D eigenvalue weighted by Gasteiger charge is -2.13. The number of hydrogen-bond donors (Lipinski definition) is 0. The van der Waals surface area contributed by atoms with Crippen molar-refractivity contribution >= 4 is 34.7 Å². The molecule has 0 fully saturated rings. The second-order valence-electron chi connectivity index (χ2n) is 5.94. The number of rotatable bonds is 3. The third-order valence-corrected chi connectivity index (χ3v) is 4.87. The standard InChI is InChI=1S/C15H19ClN2O2S/c1-5-18-9-13-10(8-17-21(20)15(2,3)4)6-11(16)7-12(13)14(18)19/h6-8H,5,9H2,1-4H3/b17-8+/t21-/m0/s1. The molecule has 0 spiro atoms. The number of carbonyl (C=O) groups is 1. The highest BCUT2D eigenvalue weighted by Gasteiger charge is 2.28. The van der Waals surface area contributed by atoms with Crippen molar-refractivity contribution < 1.29 is 9.00 Å². The van der Waals surface area contributed by atoms with Crippen molar-refractivity contribution in [2.45, 2.75) is 39.0 Å². The first kappa shape index (κ1) is 16.2. The van der Waals surface area contributed by atoms with E-state index in [1.165, 1.54) is 0 Å². The first-order valence-electron chi connectivity index (χ1n) is 6.81. The molecule has 1 heterocycles. The number of carbonyl (C=O) groups excluding carboxylic acids is 1. The molecule has 0 N–H and O–H groups in total. The molecule has 1 aromatic carbocycles. The van der Waals surface area contributed by atoms with Gasteiger partial charge in [-0.25, -0.2) is 4.21 Å². The molecule has 1 aromatic rings. The predicted molar refractivity (Wildman–Crippen MR) is 87.4 cm³/mol. The molecule has 114 valence electrons. The van der Waals surface area contributed by atoms with Crippen LogP contribution >= 0.6 is 11.6 Å². The summed E-state index contributed by atoms with van der Waals surface area (Å²) in [7, 11) is -1.33. The Balaban J connectivity index is 2.40. The van der Waals surface area contributed by atoms with E-state index in [0.29, 0.717) is 23.7 Å². The third kappa shape index (κ3) is 3.35. The quantitative estimate of drug-likeness (QED) is 0.801. The average molecular weight is 327 g/mol. The van der Waals surface area contributed by atoms with E-state index in [9.17, 15) is 9.00 Å². The van der Waals surface area contributed by atoms with Crippen LogP contribution in [0.15, 0.2) is 16.5 Å². The Bertz CT molecular complexity index is 635. The van der Waals surface area contributed by atoms with Gasteiger partial charge in [-0.2, -0.15) is 4.40 Å². The number of hydrogen-bond acceptors (Lipinski definition) is 2. The van der Waals surface area contributed by atoms with Gasteiger partial charge in [0.2, 0.25) is 0 Å². The molecule has 6 heteroatoms. The molecular formula is C15H19ClN2O2S. The van der Waals surface area contributed by atoms with Gasteiger partial charge in [-0.05, 0) is 45.4 Å². The first-order valence-corrected chi connectivity index (χ1v) is 8.30. The lowest BCUT2D eigenvalue weighted by Crippen LogP contribution is -2.22. The Kier molecular flexibility index (Phi) is 4.54. The summed E-state index contributed by atoms with van der Waals surface area (Å²) in [6.07, 6.45) is 1.57. The summed E-state index contributed by atoms with van der Waals surface area (Å²) in [5.41, 5.74) is 2.28. The average Bonchev–Trinajstić information content (AvgIpc) is 2.71. The highest BCUT2D eigenvalue weighted by molar-refractivity contribution is 7.85. The van der Waals surface area contributed by atoms with E-state index in [4.69, 9.17) is 11.6 Å². The zero-order valence-electron chi connectivity index (χ0n) is 12.6.